The third-order valence-corrected chi connectivity index (χ3v) is 4.54. The smallest absolute Gasteiger partial charge is 0.323 e. The summed E-state index contributed by atoms with van der Waals surface area (Å²) in [6.45, 7) is 4.59. The number of H-pyrrole nitrogens is 2. The molecule has 0 unspecified atom stereocenters. The Morgan fingerprint density at radius 3 is 2.96 bits per heavy atom. The predicted molar refractivity (Wildman–Crippen MR) is 90.3 cm³/mol. The molecule has 1 aromatic carbocycles. The maximum Gasteiger partial charge on any atom is 0.323 e. The van der Waals surface area contributed by atoms with Crippen molar-refractivity contribution in [2.45, 2.75) is 38.6 Å². The molecule has 130 valence electrons. The molecule has 1 aliphatic rings. The molecule has 8 nitrogen and oxygen atoms in total. The average Bonchev–Trinajstić information content (AvgIpc) is 3.30. The van der Waals surface area contributed by atoms with Gasteiger partial charge in [0.1, 0.15) is 0 Å². The maximum atomic E-state index is 13.1. The average molecular weight is 341 g/mol. The first-order chi connectivity index (χ1) is 12.0. The summed E-state index contributed by atoms with van der Waals surface area (Å²) in [7, 11) is 0. The monoisotopic (exact) mass is 341 g/mol. The molecule has 0 saturated carbocycles. The number of aromatic amines is 2. The third kappa shape index (κ3) is 2.63. The van der Waals surface area contributed by atoms with Crippen LogP contribution < -0.4 is 5.69 Å². The van der Waals surface area contributed by atoms with Crippen molar-refractivity contribution < 1.29 is 9.32 Å². The molecule has 0 aliphatic carbocycles. The number of amides is 1. The van der Waals surface area contributed by atoms with Gasteiger partial charge in [0.25, 0.3) is 5.91 Å². The van der Waals surface area contributed by atoms with Gasteiger partial charge in [-0.15, -0.1) is 0 Å². The summed E-state index contributed by atoms with van der Waals surface area (Å²) < 4.78 is 5.29. The van der Waals surface area contributed by atoms with Gasteiger partial charge in [0.15, 0.2) is 5.82 Å². The summed E-state index contributed by atoms with van der Waals surface area (Å²) in [5, 5.41) is 4.07. The van der Waals surface area contributed by atoms with Crippen LogP contribution in [-0.4, -0.2) is 37.5 Å². The second-order valence-corrected chi connectivity index (χ2v) is 6.61. The van der Waals surface area contributed by atoms with Crippen LogP contribution in [0.5, 0.6) is 0 Å². The Balaban J connectivity index is 1.69. The molecule has 2 aromatic heterocycles. The lowest BCUT2D eigenvalue weighted by Gasteiger charge is -2.22. The zero-order chi connectivity index (χ0) is 17.6. The van der Waals surface area contributed by atoms with Gasteiger partial charge in [0, 0.05) is 12.5 Å². The molecule has 3 aromatic rings. The Labute approximate surface area is 143 Å². The standard InChI is InChI=1S/C17H19N5O3/c1-9(2)15-20-14(21-25-15)12-7-4-8-22(12)16(23)10-5-3-6-11-13(10)19-17(24)18-11/h3,5-6,9,12H,4,7-8H2,1-2H3,(H2,18,19,24)/t12-/m0/s1. The van der Waals surface area contributed by atoms with Crippen LogP contribution in [0.15, 0.2) is 27.5 Å². The molecular weight excluding hydrogens is 322 g/mol. The minimum absolute atomic E-state index is 0.140. The second kappa shape index (κ2) is 5.87. The van der Waals surface area contributed by atoms with Crippen molar-refractivity contribution in [1.82, 2.24) is 25.0 Å². The molecule has 1 saturated heterocycles. The fourth-order valence-electron chi connectivity index (χ4n) is 3.29. The van der Waals surface area contributed by atoms with E-state index in [4.69, 9.17) is 4.52 Å². The van der Waals surface area contributed by atoms with E-state index in [0.717, 1.165) is 12.8 Å². The van der Waals surface area contributed by atoms with Gasteiger partial charge in [-0.2, -0.15) is 4.98 Å². The molecule has 0 radical (unpaired) electrons. The van der Waals surface area contributed by atoms with Crippen molar-refractivity contribution in [3.63, 3.8) is 0 Å². The first kappa shape index (κ1) is 15.6. The minimum Gasteiger partial charge on any atom is -0.339 e. The Bertz CT molecular complexity index is 983. The van der Waals surface area contributed by atoms with E-state index in [1.165, 1.54) is 0 Å². The van der Waals surface area contributed by atoms with Gasteiger partial charge in [0.2, 0.25) is 5.89 Å². The van der Waals surface area contributed by atoms with Crippen molar-refractivity contribution in [2.75, 3.05) is 6.54 Å². The fourth-order valence-corrected chi connectivity index (χ4v) is 3.29. The van der Waals surface area contributed by atoms with Crippen LogP contribution >= 0.6 is 0 Å². The predicted octanol–water partition coefficient (Wildman–Crippen LogP) is 2.34. The highest BCUT2D eigenvalue weighted by Gasteiger charge is 2.34. The van der Waals surface area contributed by atoms with Crippen LogP contribution in [0.25, 0.3) is 11.0 Å². The molecule has 3 heterocycles. The van der Waals surface area contributed by atoms with Gasteiger partial charge in [-0.25, -0.2) is 4.79 Å². The molecular formula is C17H19N5O3. The molecule has 2 N–H and O–H groups in total. The van der Waals surface area contributed by atoms with Gasteiger partial charge in [0.05, 0.1) is 22.6 Å². The number of imidazole rings is 1. The van der Waals surface area contributed by atoms with Crippen molar-refractivity contribution in [3.05, 3.63) is 46.0 Å². The molecule has 1 amide bonds. The zero-order valence-corrected chi connectivity index (χ0v) is 14.1. The van der Waals surface area contributed by atoms with Gasteiger partial charge >= 0.3 is 5.69 Å². The summed E-state index contributed by atoms with van der Waals surface area (Å²) in [4.78, 5) is 36.3. The first-order valence-corrected chi connectivity index (χ1v) is 8.40. The lowest BCUT2D eigenvalue weighted by molar-refractivity contribution is 0.0730. The van der Waals surface area contributed by atoms with Gasteiger partial charge in [-0.1, -0.05) is 25.1 Å². The minimum atomic E-state index is -0.326. The number of hydrogen-bond acceptors (Lipinski definition) is 5. The van der Waals surface area contributed by atoms with E-state index in [1.54, 1.807) is 23.1 Å². The number of carbonyl (C=O) groups is 1. The van der Waals surface area contributed by atoms with Gasteiger partial charge in [-0.05, 0) is 25.0 Å². The molecule has 4 rings (SSSR count). The van der Waals surface area contributed by atoms with E-state index in [9.17, 15) is 9.59 Å². The number of aromatic nitrogens is 4. The highest BCUT2D eigenvalue weighted by Crippen LogP contribution is 2.33. The molecule has 1 aliphatic heterocycles. The molecule has 8 heteroatoms. The van der Waals surface area contributed by atoms with E-state index in [0.29, 0.717) is 34.9 Å². The molecule has 1 atom stereocenters. The second-order valence-electron chi connectivity index (χ2n) is 6.61. The van der Waals surface area contributed by atoms with Crippen LogP contribution in [0.4, 0.5) is 0 Å². The number of hydrogen-bond donors (Lipinski definition) is 2. The van der Waals surface area contributed by atoms with Crippen LogP contribution in [0, 0.1) is 0 Å². The van der Waals surface area contributed by atoms with Crippen LogP contribution in [0.3, 0.4) is 0 Å². The Morgan fingerprint density at radius 2 is 2.20 bits per heavy atom. The largest absolute Gasteiger partial charge is 0.339 e. The van der Waals surface area contributed by atoms with Crippen LogP contribution in [0.1, 0.15) is 60.7 Å². The third-order valence-electron chi connectivity index (χ3n) is 4.54. The van der Waals surface area contributed by atoms with Crippen molar-refractivity contribution >= 4 is 16.9 Å². The number of rotatable bonds is 3. The van der Waals surface area contributed by atoms with Crippen molar-refractivity contribution in [2.24, 2.45) is 0 Å². The van der Waals surface area contributed by atoms with Gasteiger partial charge < -0.3 is 19.4 Å². The van der Waals surface area contributed by atoms with E-state index >= 15 is 0 Å². The van der Waals surface area contributed by atoms with Gasteiger partial charge in [-0.3, -0.25) is 4.79 Å². The lowest BCUT2D eigenvalue weighted by atomic mass is 10.1. The number of nitrogens with one attached hydrogen (secondary N) is 2. The summed E-state index contributed by atoms with van der Waals surface area (Å²) in [5.74, 6) is 1.13. The Morgan fingerprint density at radius 1 is 1.36 bits per heavy atom. The summed E-state index contributed by atoms with van der Waals surface area (Å²) in [5.41, 5.74) is 1.29. The molecule has 1 fully saturated rings. The summed E-state index contributed by atoms with van der Waals surface area (Å²) in [6, 6.07) is 5.04. The van der Waals surface area contributed by atoms with E-state index in [2.05, 4.69) is 20.1 Å². The highest BCUT2D eigenvalue weighted by atomic mass is 16.5. The topological polar surface area (TPSA) is 108 Å². The fraction of sp³-hybridized carbons (Fsp3) is 0.412. The van der Waals surface area contributed by atoms with Crippen molar-refractivity contribution in [3.8, 4) is 0 Å². The molecule has 0 bridgehead atoms. The maximum absolute atomic E-state index is 13.1. The number of likely N-dealkylation sites (tertiary alicyclic amines) is 1. The van der Waals surface area contributed by atoms with E-state index in [-0.39, 0.29) is 23.6 Å². The van der Waals surface area contributed by atoms with Crippen LogP contribution in [0.2, 0.25) is 0 Å². The number of benzene rings is 1. The highest BCUT2D eigenvalue weighted by molar-refractivity contribution is 6.05. The first-order valence-electron chi connectivity index (χ1n) is 8.40. The van der Waals surface area contributed by atoms with Crippen LogP contribution in [-0.2, 0) is 0 Å². The summed E-state index contributed by atoms with van der Waals surface area (Å²) >= 11 is 0. The number of para-hydroxylation sites is 1. The van der Waals surface area contributed by atoms with Crippen molar-refractivity contribution in [1.29, 1.82) is 0 Å². The quantitative estimate of drug-likeness (QED) is 0.760. The number of nitrogens with zero attached hydrogens (tertiary/aromatic N) is 3. The number of carbonyl (C=O) groups excluding carboxylic acids is 1. The Hall–Kier alpha value is -2.90. The lowest BCUT2D eigenvalue weighted by Crippen LogP contribution is -2.31. The normalized spacial score (nSPS) is 17.7. The van der Waals surface area contributed by atoms with E-state index < -0.39 is 0 Å². The molecule has 0 spiro atoms. The SMILES string of the molecule is CC(C)c1nc([C@@H]2CCCN2C(=O)c2cccc3[nH]c(=O)[nH]c23)no1. The Kier molecular flexibility index (Phi) is 3.67. The van der Waals surface area contributed by atoms with E-state index in [1.807, 2.05) is 13.8 Å². The number of fused-ring (bicyclic) bond motifs is 1. The zero-order valence-electron chi connectivity index (χ0n) is 14.1. The molecule has 25 heavy (non-hydrogen) atoms. The summed E-state index contributed by atoms with van der Waals surface area (Å²) in [6.07, 6.45) is 1.67.